The number of pyridine rings is 2. The van der Waals surface area contributed by atoms with Gasteiger partial charge in [0.25, 0.3) is 0 Å². The standard InChI is InChI=1S/C22H22ClN3/c23-20-10-2-1-7-17(20)15-18-9-5-11-21(25-18)22-12-6-14-26(22)16-19-8-3-4-13-24-19/h1-5,7-11,13,22H,6,12,14-16H2. The molecule has 4 rings (SSSR count). The summed E-state index contributed by atoms with van der Waals surface area (Å²) in [6.45, 7) is 1.97. The van der Waals surface area contributed by atoms with Gasteiger partial charge >= 0.3 is 0 Å². The lowest BCUT2D eigenvalue weighted by Gasteiger charge is -2.24. The summed E-state index contributed by atoms with van der Waals surface area (Å²) in [7, 11) is 0. The molecule has 3 aromatic rings. The van der Waals surface area contributed by atoms with Crippen LogP contribution in [0.1, 0.15) is 41.5 Å². The third-order valence-corrected chi connectivity index (χ3v) is 5.32. The SMILES string of the molecule is Clc1ccccc1Cc1cccc(C2CCCN2Cc2ccccn2)n1. The van der Waals surface area contributed by atoms with Crippen LogP contribution in [0.5, 0.6) is 0 Å². The Hall–Kier alpha value is -2.23. The van der Waals surface area contributed by atoms with Crippen LogP contribution in [0.3, 0.4) is 0 Å². The van der Waals surface area contributed by atoms with Gasteiger partial charge in [-0.25, -0.2) is 0 Å². The average molecular weight is 364 g/mol. The quantitative estimate of drug-likeness (QED) is 0.634. The molecule has 2 aromatic heterocycles. The maximum atomic E-state index is 6.31. The molecule has 1 aliphatic rings. The van der Waals surface area contributed by atoms with Gasteiger partial charge in [0, 0.05) is 29.9 Å². The summed E-state index contributed by atoms with van der Waals surface area (Å²) in [5.41, 5.74) is 4.46. The molecule has 3 heterocycles. The molecule has 0 spiro atoms. The van der Waals surface area contributed by atoms with E-state index < -0.39 is 0 Å². The minimum atomic E-state index is 0.364. The monoisotopic (exact) mass is 363 g/mol. The first kappa shape index (κ1) is 17.2. The van der Waals surface area contributed by atoms with Crippen LogP contribution in [0, 0.1) is 0 Å². The van der Waals surface area contributed by atoms with E-state index >= 15 is 0 Å². The topological polar surface area (TPSA) is 29.0 Å². The Labute approximate surface area is 159 Å². The second-order valence-corrected chi connectivity index (χ2v) is 7.18. The summed E-state index contributed by atoms with van der Waals surface area (Å²) in [6, 6.07) is 20.8. The van der Waals surface area contributed by atoms with Crippen molar-refractivity contribution in [3.05, 3.63) is 94.5 Å². The van der Waals surface area contributed by atoms with Gasteiger partial charge < -0.3 is 0 Å². The Bertz CT molecular complexity index is 866. The first-order chi connectivity index (χ1) is 12.8. The van der Waals surface area contributed by atoms with Crippen molar-refractivity contribution in [1.82, 2.24) is 14.9 Å². The Balaban J connectivity index is 1.53. The summed E-state index contributed by atoms with van der Waals surface area (Å²) >= 11 is 6.31. The summed E-state index contributed by atoms with van der Waals surface area (Å²) in [5, 5.41) is 0.803. The van der Waals surface area contributed by atoms with Gasteiger partial charge in [0.05, 0.1) is 17.4 Å². The number of hydrogen-bond acceptors (Lipinski definition) is 3. The largest absolute Gasteiger partial charge is 0.289 e. The molecule has 0 amide bonds. The van der Waals surface area contributed by atoms with Gasteiger partial charge in [-0.2, -0.15) is 0 Å². The molecule has 1 fully saturated rings. The molecule has 1 aromatic carbocycles. The molecule has 3 nitrogen and oxygen atoms in total. The number of benzene rings is 1. The summed E-state index contributed by atoms with van der Waals surface area (Å²) in [5.74, 6) is 0. The lowest BCUT2D eigenvalue weighted by molar-refractivity contribution is 0.241. The Morgan fingerprint density at radius 3 is 2.65 bits per heavy atom. The third kappa shape index (κ3) is 3.95. The highest BCUT2D eigenvalue weighted by Gasteiger charge is 2.27. The summed E-state index contributed by atoms with van der Waals surface area (Å²) in [6.07, 6.45) is 4.98. The second-order valence-electron chi connectivity index (χ2n) is 6.77. The van der Waals surface area contributed by atoms with Crippen molar-refractivity contribution in [1.29, 1.82) is 0 Å². The van der Waals surface area contributed by atoms with E-state index in [0.717, 1.165) is 53.6 Å². The zero-order valence-corrected chi connectivity index (χ0v) is 15.4. The molecule has 1 saturated heterocycles. The first-order valence-electron chi connectivity index (χ1n) is 9.13. The highest BCUT2D eigenvalue weighted by molar-refractivity contribution is 6.31. The number of aromatic nitrogens is 2. The number of halogens is 1. The molecule has 0 radical (unpaired) electrons. The number of nitrogens with zero attached hydrogens (tertiary/aromatic N) is 3. The van der Waals surface area contributed by atoms with Gasteiger partial charge in [-0.15, -0.1) is 0 Å². The van der Waals surface area contributed by atoms with E-state index in [1.165, 1.54) is 6.42 Å². The molecular weight excluding hydrogens is 342 g/mol. The van der Waals surface area contributed by atoms with Crippen LogP contribution in [0.2, 0.25) is 5.02 Å². The summed E-state index contributed by atoms with van der Waals surface area (Å²) in [4.78, 5) is 11.9. The number of likely N-dealkylation sites (tertiary alicyclic amines) is 1. The van der Waals surface area contributed by atoms with Crippen molar-refractivity contribution in [3.63, 3.8) is 0 Å². The molecular formula is C22H22ClN3. The number of hydrogen-bond donors (Lipinski definition) is 0. The van der Waals surface area contributed by atoms with Gasteiger partial charge in [-0.1, -0.05) is 41.9 Å². The average Bonchev–Trinajstić information content (AvgIpc) is 3.13. The van der Waals surface area contributed by atoms with Gasteiger partial charge in [-0.3, -0.25) is 14.9 Å². The molecule has 0 bridgehead atoms. The second kappa shape index (κ2) is 7.98. The van der Waals surface area contributed by atoms with E-state index in [9.17, 15) is 0 Å². The van der Waals surface area contributed by atoms with Gasteiger partial charge in [-0.05, 0) is 55.3 Å². The van der Waals surface area contributed by atoms with Crippen molar-refractivity contribution >= 4 is 11.6 Å². The Morgan fingerprint density at radius 2 is 1.81 bits per heavy atom. The maximum absolute atomic E-state index is 6.31. The fourth-order valence-electron chi connectivity index (χ4n) is 3.67. The van der Waals surface area contributed by atoms with E-state index in [4.69, 9.17) is 16.6 Å². The molecule has 1 aliphatic heterocycles. The first-order valence-corrected chi connectivity index (χ1v) is 9.50. The normalized spacial score (nSPS) is 17.5. The van der Waals surface area contributed by atoms with Crippen LogP contribution in [0.4, 0.5) is 0 Å². The van der Waals surface area contributed by atoms with Crippen LogP contribution in [-0.2, 0) is 13.0 Å². The molecule has 1 unspecified atom stereocenters. The van der Waals surface area contributed by atoms with Crippen LogP contribution in [0.25, 0.3) is 0 Å². The van der Waals surface area contributed by atoms with Gasteiger partial charge in [0.15, 0.2) is 0 Å². The smallest absolute Gasteiger partial charge is 0.0579 e. The Morgan fingerprint density at radius 1 is 0.962 bits per heavy atom. The minimum absolute atomic E-state index is 0.364. The zero-order valence-electron chi connectivity index (χ0n) is 14.7. The highest BCUT2D eigenvalue weighted by atomic mass is 35.5. The van der Waals surface area contributed by atoms with E-state index in [1.807, 2.05) is 30.5 Å². The van der Waals surface area contributed by atoms with E-state index in [1.54, 1.807) is 0 Å². The highest BCUT2D eigenvalue weighted by Crippen LogP contribution is 2.32. The van der Waals surface area contributed by atoms with Gasteiger partial charge in [0.2, 0.25) is 0 Å². The Kier molecular flexibility index (Phi) is 5.28. The van der Waals surface area contributed by atoms with E-state index in [-0.39, 0.29) is 0 Å². The molecule has 0 aliphatic carbocycles. The minimum Gasteiger partial charge on any atom is -0.289 e. The predicted octanol–water partition coefficient (Wildman–Crippen LogP) is 5.06. The zero-order chi connectivity index (χ0) is 17.8. The fraction of sp³-hybridized carbons (Fsp3) is 0.273. The molecule has 1 atom stereocenters. The summed E-state index contributed by atoms with van der Waals surface area (Å²) < 4.78 is 0. The third-order valence-electron chi connectivity index (χ3n) is 4.95. The number of rotatable bonds is 5. The van der Waals surface area contributed by atoms with Crippen molar-refractivity contribution in [2.75, 3.05) is 6.54 Å². The lowest BCUT2D eigenvalue weighted by atomic mass is 10.1. The van der Waals surface area contributed by atoms with Crippen LogP contribution in [0.15, 0.2) is 66.9 Å². The van der Waals surface area contributed by atoms with Gasteiger partial charge in [0.1, 0.15) is 0 Å². The predicted molar refractivity (Wildman–Crippen MR) is 105 cm³/mol. The molecule has 0 N–H and O–H groups in total. The molecule has 4 heteroatoms. The van der Waals surface area contributed by atoms with Crippen molar-refractivity contribution < 1.29 is 0 Å². The lowest BCUT2D eigenvalue weighted by Crippen LogP contribution is -2.24. The van der Waals surface area contributed by atoms with Crippen molar-refractivity contribution in [2.45, 2.75) is 31.8 Å². The molecule has 132 valence electrons. The van der Waals surface area contributed by atoms with Crippen molar-refractivity contribution in [3.8, 4) is 0 Å². The van der Waals surface area contributed by atoms with E-state index in [2.05, 4.69) is 46.3 Å². The maximum Gasteiger partial charge on any atom is 0.0579 e. The van der Waals surface area contributed by atoms with E-state index in [0.29, 0.717) is 6.04 Å². The van der Waals surface area contributed by atoms with Crippen molar-refractivity contribution in [2.24, 2.45) is 0 Å². The molecule has 26 heavy (non-hydrogen) atoms. The van der Waals surface area contributed by atoms with Crippen LogP contribution in [-0.4, -0.2) is 21.4 Å². The molecule has 0 saturated carbocycles. The fourth-order valence-corrected chi connectivity index (χ4v) is 3.87. The van der Waals surface area contributed by atoms with Crippen LogP contribution < -0.4 is 0 Å². The van der Waals surface area contributed by atoms with Crippen LogP contribution >= 0.6 is 11.6 Å².